The molecule has 94 valence electrons. The Balaban J connectivity index is 2.86. The number of thioether (sulfide) groups is 1. The number of hydrogen-bond acceptors (Lipinski definition) is 4. The number of aryl methyl sites for hydroxylation is 2. The molecule has 1 aromatic heterocycles. The van der Waals surface area contributed by atoms with Crippen LogP contribution in [0.4, 0.5) is 0 Å². The van der Waals surface area contributed by atoms with Crippen LogP contribution in [-0.2, 0) is 4.79 Å². The molecule has 17 heavy (non-hydrogen) atoms. The van der Waals surface area contributed by atoms with E-state index in [0.29, 0.717) is 5.16 Å². The first-order chi connectivity index (χ1) is 7.82. The fraction of sp³-hybridized carbons (Fsp3) is 0.583. The lowest BCUT2D eigenvalue weighted by molar-refractivity contribution is -0.140. The lowest BCUT2D eigenvalue weighted by Crippen LogP contribution is -2.20. The molecule has 0 spiro atoms. The molecule has 0 aliphatic heterocycles. The van der Waals surface area contributed by atoms with Crippen LogP contribution in [0.5, 0.6) is 0 Å². The SMILES string of the molecule is Cc1nc(SC(C)C(C)C(=O)O)nc(C)c1C. The molecule has 0 saturated carbocycles. The third-order valence-electron chi connectivity index (χ3n) is 3.00. The zero-order valence-electron chi connectivity index (χ0n) is 10.8. The second-order valence-electron chi connectivity index (χ2n) is 4.25. The number of aliphatic carboxylic acids is 1. The van der Waals surface area contributed by atoms with E-state index in [4.69, 9.17) is 5.11 Å². The summed E-state index contributed by atoms with van der Waals surface area (Å²) in [6.07, 6.45) is 0. The van der Waals surface area contributed by atoms with E-state index in [1.54, 1.807) is 6.92 Å². The molecule has 4 nitrogen and oxygen atoms in total. The molecule has 5 heteroatoms. The molecule has 0 saturated heterocycles. The van der Waals surface area contributed by atoms with Gasteiger partial charge in [-0.3, -0.25) is 4.79 Å². The van der Waals surface area contributed by atoms with Gasteiger partial charge < -0.3 is 5.11 Å². The van der Waals surface area contributed by atoms with E-state index in [-0.39, 0.29) is 5.25 Å². The van der Waals surface area contributed by atoms with Crippen molar-refractivity contribution in [3.05, 3.63) is 17.0 Å². The summed E-state index contributed by atoms with van der Waals surface area (Å²) in [7, 11) is 0. The molecule has 0 aliphatic carbocycles. The third-order valence-corrected chi connectivity index (χ3v) is 4.17. The first-order valence-electron chi connectivity index (χ1n) is 5.54. The summed E-state index contributed by atoms with van der Waals surface area (Å²) in [5, 5.41) is 9.54. The summed E-state index contributed by atoms with van der Waals surface area (Å²) in [5.74, 6) is -1.20. The van der Waals surface area contributed by atoms with E-state index in [2.05, 4.69) is 9.97 Å². The maximum Gasteiger partial charge on any atom is 0.307 e. The highest BCUT2D eigenvalue weighted by Gasteiger charge is 2.21. The smallest absolute Gasteiger partial charge is 0.307 e. The minimum absolute atomic E-state index is 0.0472. The number of carboxylic acids is 1. The molecule has 1 rings (SSSR count). The zero-order valence-corrected chi connectivity index (χ0v) is 11.6. The van der Waals surface area contributed by atoms with Crippen LogP contribution >= 0.6 is 11.8 Å². The number of nitrogens with zero attached hydrogens (tertiary/aromatic N) is 2. The molecule has 2 unspecified atom stereocenters. The van der Waals surface area contributed by atoms with Crippen LogP contribution in [0.25, 0.3) is 0 Å². The molecule has 1 N–H and O–H groups in total. The summed E-state index contributed by atoms with van der Waals surface area (Å²) in [4.78, 5) is 19.6. The first kappa shape index (κ1) is 14.0. The van der Waals surface area contributed by atoms with Crippen molar-refractivity contribution in [3.63, 3.8) is 0 Å². The van der Waals surface area contributed by atoms with Crippen molar-refractivity contribution in [1.82, 2.24) is 9.97 Å². The zero-order chi connectivity index (χ0) is 13.2. The molecule has 0 aromatic carbocycles. The second kappa shape index (κ2) is 5.49. The maximum atomic E-state index is 10.9. The first-order valence-corrected chi connectivity index (χ1v) is 6.42. The maximum absolute atomic E-state index is 10.9. The summed E-state index contributed by atoms with van der Waals surface area (Å²) < 4.78 is 0. The molecular weight excluding hydrogens is 236 g/mol. The van der Waals surface area contributed by atoms with Gasteiger partial charge in [0.2, 0.25) is 0 Å². The number of hydrogen-bond donors (Lipinski definition) is 1. The highest BCUT2D eigenvalue weighted by molar-refractivity contribution is 7.99. The predicted octanol–water partition coefficient (Wildman–Crippen LogP) is 2.60. The standard InChI is InChI=1S/C12H18N2O2S/c1-6-8(3)13-12(14-9(6)4)17-10(5)7(2)11(15)16/h7,10H,1-5H3,(H,15,16). The van der Waals surface area contributed by atoms with Crippen LogP contribution in [0, 0.1) is 26.7 Å². The fourth-order valence-electron chi connectivity index (χ4n) is 1.26. The van der Waals surface area contributed by atoms with Crippen LogP contribution in [-0.4, -0.2) is 26.3 Å². The van der Waals surface area contributed by atoms with Crippen molar-refractivity contribution in [2.75, 3.05) is 0 Å². The van der Waals surface area contributed by atoms with Gasteiger partial charge in [-0.1, -0.05) is 25.6 Å². The van der Waals surface area contributed by atoms with Crippen LogP contribution in [0.15, 0.2) is 5.16 Å². The summed E-state index contributed by atoms with van der Waals surface area (Å²) >= 11 is 1.41. The van der Waals surface area contributed by atoms with Crippen LogP contribution < -0.4 is 0 Å². The van der Waals surface area contributed by atoms with Gasteiger partial charge >= 0.3 is 5.97 Å². The van der Waals surface area contributed by atoms with E-state index >= 15 is 0 Å². The van der Waals surface area contributed by atoms with Crippen molar-refractivity contribution in [2.24, 2.45) is 5.92 Å². The molecular formula is C12H18N2O2S. The summed E-state index contributed by atoms with van der Waals surface area (Å²) in [6.45, 7) is 9.46. The quantitative estimate of drug-likeness (QED) is 0.661. The molecule has 1 aromatic rings. The van der Waals surface area contributed by atoms with Gasteiger partial charge in [-0.05, 0) is 26.3 Å². The van der Waals surface area contributed by atoms with Gasteiger partial charge in [0.05, 0.1) is 5.92 Å². The van der Waals surface area contributed by atoms with E-state index in [1.807, 2.05) is 27.7 Å². The van der Waals surface area contributed by atoms with Gasteiger partial charge in [0.15, 0.2) is 5.16 Å². The van der Waals surface area contributed by atoms with Gasteiger partial charge in [-0.25, -0.2) is 9.97 Å². The Morgan fingerprint density at radius 3 is 2.06 bits per heavy atom. The van der Waals surface area contributed by atoms with E-state index in [1.165, 1.54) is 11.8 Å². The predicted molar refractivity (Wildman–Crippen MR) is 68.4 cm³/mol. The van der Waals surface area contributed by atoms with Crippen molar-refractivity contribution in [1.29, 1.82) is 0 Å². The lowest BCUT2D eigenvalue weighted by Gasteiger charge is -2.15. The second-order valence-corrected chi connectivity index (χ2v) is 5.60. The molecule has 0 amide bonds. The number of rotatable bonds is 4. The minimum atomic E-state index is -0.787. The van der Waals surface area contributed by atoms with E-state index < -0.39 is 11.9 Å². The average molecular weight is 254 g/mol. The highest BCUT2D eigenvalue weighted by atomic mass is 32.2. The Bertz CT molecular complexity index is 412. The van der Waals surface area contributed by atoms with Crippen LogP contribution in [0.1, 0.15) is 30.8 Å². The largest absolute Gasteiger partial charge is 0.481 e. The molecule has 0 aliphatic rings. The number of carboxylic acid groups (broad SMARTS) is 1. The molecule has 2 atom stereocenters. The van der Waals surface area contributed by atoms with Gasteiger partial charge in [-0.15, -0.1) is 0 Å². The number of aromatic nitrogens is 2. The summed E-state index contributed by atoms with van der Waals surface area (Å²) in [6, 6.07) is 0. The van der Waals surface area contributed by atoms with Gasteiger partial charge in [0, 0.05) is 16.6 Å². The minimum Gasteiger partial charge on any atom is -0.481 e. The molecule has 0 radical (unpaired) electrons. The molecule has 1 heterocycles. The van der Waals surface area contributed by atoms with Crippen molar-refractivity contribution in [3.8, 4) is 0 Å². The molecule has 0 bridgehead atoms. The monoisotopic (exact) mass is 254 g/mol. The van der Waals surface area contributed by atoms with Crippen molar-refractivity contribution >= 4 is 17.7 Å². The fourth-order valence-corrected chi connectivity index (χ4v) is 2.30. The average Bonchev–Trinajstić information content (AvgIpc) is 2.24. The molecule has 0 fully saturated rings. The van der Waals surface area contributed by atoms with Crippen molar-refractivity contribution in [2.45, 2.75) is 45.0 Å². The van der Waals surface area contributed by atoms with Gasteiger partial charge in [-0.2, -0.15) is 0 Å². The normalized spacial score (nSPS) is 14.4. The summed E-state index contributed by atoms with van der Waals surface area (Å²) in [5.41, 5.74) is 3.00. The lowest BCUT2D eigenvalue weighted by atomic mass is 10.1. The Morgan fingerprint density at radius 1 is 1.18 bits per heavy atom. The Labute approximate surface area is 106 Å². The van der Waals surface area contributed by atoms with Gasteiger partial charge in [0.1, 0.15) is 0 Å². The van der Waals surface area contributed by atoms with Crippen LogP contribution in [0.2, 0.25) is 0 Å². The van der Waals surface area contributed by atoms with E-state index in [9.17, 15) is 4.79 Å². The third kappa shape index (κ3) is 3.43. The topological polar surface area (TPSA) is 63.1 Å². The Kier molecular flexibility index (Phi) is 4.51. The highest BCUT2D eigenvalue weighted by Crippen LogP contribution is 2.26. The van der Waals surface area contributed by atoms with E-state index in [0.717, 1.165) is 17.0 Å². The van der Waals surface area contributed by atoms with Gasteiger partial charge in [0.25, 0.3) is 0 Å². The van der Waals surface area contributed by atoms with Crippen molar-refractivity contribution < 1.29 is 9.90 Å². The van der Waals surface area contributed by atoms with Crippen LogP contribution in [0.3, 0.4) is 0 Å². The Morgan fingerprint density at radius 2 is 1.65 bits per heavy atom. The Hall–Kier alpha value is -1.10. The number of carbonyl (C=O) groups is 1.